The molecule has 0 aliphatic carbocycles. The number of anilines is 2. The highest BCUT2D eigenvalue weighted by Gasteiger charge is 2.38. The summed E-state index contributed by atoms with van der Waals surface area (Å²) in [6, 6.07) is 5.86. The number of thiazole rings is 1. The van der Waals surface area contributed by atoms with E-state index in [0.29, 0.717) is 10.9 Å². The Bertz CT molecular complexity index is 1070. The van der Waals surface area contributed by atoms with E-state index in [-0.39, 0.29) is 22.5 Å². The molecular weight excluding hydrogens is 356 g/mol. The van der Waals surface area contributed by atoms with Gasteiger partial charge in [-0.1, -0.05) is 5.16 Å². The molecule has 0 saturated carbocycles. The molecule has 1 aliphatic heterocycles. The number of benzene rings is 1. The maximum atomic E-state index is 12.6. The lowest BCUT2D eigenvalue weighted by Crippen LogP contribution is -2.29. The van der Waals surface area contributed by atoms with Crippen LogP contribution in [-0.4, -0.2) is 27.9 Å². The number of carbonyl (C=O) groups is 3. The van der Waals surface area contributed by atoms with Crippen molar-refractivity contribution in [2.45, 2.75) is 13.8 Å². The van der Waals surface area contributed by atoms with Gasteiger partial charge >= 0.3 is 0 Å². The van der Waals surface area contributed by atoms with Gasteiger partial charge in [0.2, 0.25) is 0 Å². The number of fused-ring (bicyclic) bond motifs is 1. The van der Waals surface area contributed by atoms with Crippen LogP contribution in [0.1, 0.15) is 41.7 Å². The van der Waals surface area contributed by atoms with Crippen LogP contribution in [0.4, 0.5) is 10.9 Å². The first-order chi connectivity index (χ1) is 12.4. The highest BCUT2D eigenvalue weighted by molar-refractivity contribution is 7.15. The standard InChI is InChI=1S/C17H12N4O4S/c1-8-5-13(20-25-8)21-15(23)11-4-3-10(6-12(11)16(21)24)14(22)19-17-18-7-9(2)26-17/h3-7H,1-2H3,(H,18,19,22). The fourth-order valence-electron chi connectivity index (χ4n) is 2.63. The fraction of sp³-hybridized carbons (Fsp3) is 0.118. The van der Waals surface area contributed by atoms with Crippen LogP contribution in [-0.2, 0) is 0 Å². The molecule has 0 unspecified atom stereocenters. The SMILES string of the molecule is Cc1cc(N2C(=O)c3ccc(C(=O)Nc4ncc(C)s4)cc3C2=O)no1. The molecule has 130 valence electrons. The molecule has 2 aromatic heterocycles. The molecule has 0 bridgehead atoms. The van der Waals surface area contributed by atoms with Gasteiger partial charge in [0.25, 0.3) is 17.7 Å². The number of aryl methyl sites for hydroxylation is 2. The Hall–Kier alpha value is -3.33. The molecule has 1 N–H and O–H groups in total. The summed E-state index contributed by atoms with van der Waals surface area (Å²) in [5.41, 5.74) is 0.631. The quantitative estimate of drug-likeness (QED) is 0.713. The number of hydrogen-bond acceptors (Lipinski definition) is 7. The summed E-state index contributed by atoms with van der Waals surface area (Å²) in [6.07, 6.45) is 1.66. The van der Waals surface area contributed by atoms with Gasteiger partial charge in [-0.25, -0.2) is 9.88 Å². The molecule has 0 atom stereocenters. The van der Waals surface area contributed by atoms with E-state index in [2.05, 4.69) is 15.5 Å². The third kappa shape index (κ3) is 2.58. The van der Waals surface area contributed by atoms with Gasteiger partial charge in [-0.15, -0.1) is 11.3 Å². The lowest BCUT2D eigenvalue weighted by molar-refractivity contribution is 0.0923. The van der Waals surface area contributed by atoms with Crippen LogP contribution in [0.3, 0.4) is 0 Å². The normalized spacial score (nSPS) is 13.2. The maximum Gasteiger partial charge on any atom is 0.267 e. The number of aromatic nitrogens is 2. The lowest BCUT2D eigenvalue weighted by atomic mass is 10.1. The summed E-state index contributed by atoms with van der Waals surface area (Å²) >= 11 is 1.35. The zero-order valence-corrected chi connectivity index (χ0v) is 14.6. The second kappa shape index (κ2) is 5.88. The van der Waals surface area contributed by atoms with Crippen molar-refractivity contribution >= 4 is 40.0 Å². The molecule has 1 aliphatic rings. The Labute approximate surface area is 151 Å². The Kier molecular flexibility index (Phi) is 3.66. The summed E-state index contributed by atoms with van der Waals surface area (Å²) in [4.78, 5) is 43.5. The van der Waals surface area contributed by atoms with Crippen molar-refractivity contribution in [1.82, 2.24) is 10.1 Å². The second-order valence-electron chi connectivity index (χ2n) is 5.73. The molecule has 3 aromatic rings. The first kappa shape index (κ1) is 16.2. The molecule has 4 rings (SSSR count). The van der Waals surface area contributed by atoms with Crippen LogP contribution >= 0.6 is 11.3 Å². The average molecular weight is 368 g/mol. The van der Waals surface area contributed by atoms with Crippen LogP contribution < -0.4 is 10.2 Å². The van der Waals surface area contributed by atoms with E-state index in [1.165, 1.54) is 35.6 Å². The van der Waals surface area contributed by atoms with E-state index in [1.54, 1.807) is 13.1 Å². The van der Waals surface area contributed by atoms with E-state index in [0.717, 1.165) is 9.78 Å². The number of imide groups is 1. The van der Waals surface area contributed by atoms with E-state index in [9.17, 15) is 14.4 Å². The maximum absolute atomic E-state index is 12.6. The largest absolute Gasteiger partial charge is 0.360 e. The molecule has 26 heavy (non-hydrogen) atoms. The van der Waals surface area contributed by atoms with Crippen molar-refractivity contribution in [1.29, 1.82) is 0 Å². The fourth-order valence-corrected chi connectivity index (χ4v) is 3.29. The molecule has 1 aromatic carbocycles. The van der Waals surface area contributed by atoms with Gasteiger partial charge in [0.05, 0.1) is 11.1 Å². The van der Waals surface area contributed by atoms with Gasteiger partial charge in [-0.3, -0.25) is 19.7 Å². The summed E-state index contributed by atoms with van der Waals surface area (Å²) in [6.45, 7) is 3.55. The highest BCUT2D eigenvalue weighted by atomic mass is 32.1. The van der Waals surface area contributed by atoms with Gasteiger partial charge < -0.3 is 4.52 Å². The Morgan fingerprint density at radius 3 is 2.58 bits per heavy atom. The van der Waals surface area contributed by atoms with Crippen molar-refractivity contribution in [2.24, 2.45) is 0 Å². The average Bonchev–Trinajstić information content (AvgIpc) is 3.28. The number of hydrogen-bond donors (Lipinski definition) is 1. The van der Waals surface area contributed by atoms with Crippen molar-refractivity contribution < 1.29 is 18.9 Å². The Morgan fingerprint density at radius 1 is 1.15 bits per heavy atom. The Balaban J connectivity index is 1.64. The van der Waals surface area contributed by atoms with Gasteiger partial charge in [-0.2, -0.15) is 0 Å². The molecule has 0 radical (unpaired) electrons. The minimum atomic E-state index is -0.543. The summed E-state index contributed by atoms with van der Waals surface area (Å²) in [7, 11) is 0. The van der Waals surface area contributed by atoms with Crippen LogP contribution in [0.15, 0.2) is 35.0 Å². The molecule has 8 nitrogen and oxygen atoms in total. The van der Waals surface area contributed by atoms with Crippen molar-refractivity contribution in [3.05, 3.63) is 57.8 Å². The molecule has 0 saturated heterocycles. The van der Waals surface area contributed by atoms with Crippen LogP contribution in [0, 0.1) is 13.8 Å². The first-order valence-electron chi connectivity index (χ1n) is 7.64. The van der Waals surface area contributed by atoms with Gasteiger partial charge in [0.1, 0.15) is 5.76 Å². The smallest absolute Gasteiger partial charge is 0.267 e. The molecule has 3 heterocycles. The number of rotatable bonds is 3. The van der Waals surface area contributed by atoms with Gasteiger partial charge in [0.15, 0.2) is 10.9 Å². The summed E-state index contributed by atoms with van der Waals surface area (Å²) < 4.78 is 4.94. The summed E-state index contributed by atoms with van der Waals surface area (Å²) in [5.74, 6) is -0.842. The van der Waals surface area contributed by atoms with E-state index in [1.807, 2.05) is 6.92 Å². The summed E-state index contributed by atoms with van der Waals surface area (Å²) in [5, 5.41) is 6.86. The topological polar surface area (TPSA) is 105 Å². The van der Waals surface area contributed by atoms with Crippen molar-refractivity contribution in [2.75, 3.05) is 10.2 Å². The van der Waals surface area contributed by atoms with Crippen LogP contribution in [0.2, 0.25) is 0 Å². The number of nitrogens with zero attached hydrogens (tertiary/aromatic N) is 3. The van der Waals surface area contributed by atoms with E-state index < -0.39 is 17.7 Å². The van der Waals surface area contributed by atoms with E-state index in [4.69, 9.17) is 4.52 Å². The molecule has 9 heteroatoms. The lowest BCUT2D eigenvalue weighted by Gasteiger charge is -2.07. The minimum Gasteiger partial charge on any atom is -0.360 e. The van der Waals surface area contributed by atoms with Crippen LogP contribution in [0.25, 0.3) is 0 Å². The number of nitrogens with one attached hydrogen (secondary N) is 1. The monoisotopic (exact) mass is 368 g/mol. The van der Waals surface area contributed by atoms with Crippen LogP contribution in [0.5, 0.6) is 0 Å². The Morgan fingerprint density at radius 2 is 1.92 bits per heavy atom. The third-order valence-electron chi connectivity index (χ3n) is 3.84. The molecule has 0 fully saturated rings. The van der Waals surface area contributed by atoms with Crippen molar-refractivity contribution in [3.8, 4) is 0 Å². The predicted octanol–water partition coefficient (Wildman–Crippen LogP) is 2.80. The predicted molar refractivity (Wildman–Crippen MR) is 93.6 cm³/mol. The first-order valence-corrected chi connectivity index (χ1v) is 8.45. The number of carbonyl (C=O) groups excluding carboxylic acids is 3. The third-order valence-corrected chi connectivity index (χ3v) is 4.66. The zero-order chi connectivity index (χ0) is 18.4. The molecule has 0 spiro atoms. The van der Waals surface area contributed by atoms with Gasteiger partial charge in [-0.05, 0) is 32.0 Å². The van der Waals surface area contributed by atoms with Gasteiger partial charge in [0, 0.05) is 22.7 Å². The molecule has 3 amide bonds. The second-order valence-corrected chi connectivity index (χ2v) is 6.97. The van der Waals surface area contributed by atoms with Crippen molar-refractivity contribution in [3.63, 3.8) is 0 Å². The zero-order valence-electron chi connectivity index (χ0n) is 13.8. The highest BCUT2D eigenvalue weighted by Crippen LogP contribution is 2.29. The molecular formula is C17H12N4O4S. The number of amides is 3. The van der Waals surface area contributed by atoms with E-state index >= 15 is 0 Å². The minimum absolute atomic E-state index is 0.123.